The molecule has 0 aliphatic heterocycles. The third-order valence-electron chi connectivity index (χ3n) is 8.26. The maximum atomic E-state index is 14.5. The monoisotopic (exact) mass is 607 g/mol. The van der Waals surface area contributed by atoms with Gasteiger partial charge in [0, 0.05) is 29.9 Å². The number of benzene rings is 1. The Hall–Kier alpha value is -4.08. The zero-order chi connectivity index (χ0) is 30.9. The summed E-state index contributed by atoms with van der Waals surface area (Å²) in [5, 5.41) is 14.4. The Bertz CT molecular complexity index is 1810. The summed E-state index contributed by atoms with van der Waals surface area (Å²) < 4.78 is 30.1. The number of halogens is 1. The summed E-state index contributed by atoms with van der Waals surface area (Å²) in [7, 11) is 1.45. The van der Waals surface area contributed by atoms with Crippen molar-refractivity contribution in [2.75, 3.05) is 13.7 Å². The fourth-order valence-corrected chi connectivity index (χ4v) is 6.79. The number of ether oxygens (including phenoxy) is 2. The zero-order valence-corrected chi connectivity index (χ0v) is 25.4. The van der Waals surface area contributed by atoms with E-state index in [9.17, 15) is 18.8 Å². The predicted molar refractivity (Wildman–Crippen MR) is 160 cm³/mol. The molecule has 3 aromatic heterocycles. The first-order valence-corrected chi connectivity index (χ1v) is 15.0. The highest BCUT2D eigenvalue weighted by Crippen LogP contribution is 2.36. The topological polar surface area (TPSA) is 121 Å². The second-order valence-electron chi connectivity index (χ2n) is 11.3. The molecular formula is C31H34FN5O5S. The third kappa shape index (κ3) is 5.67. The van der Waals surface area contributed by atoms with Crippen LogP contribution < -0.4 is 16.0 Å². The molecule has 0 amide bonds. The summed E-state index contributed by atoms with van der Waals surface area (Å²) in [6.07, 6.45) is 5.78. The van der Waals surface area contributed by atoms with Gasteiger partial charge in [-0.2, -0.15) is 10.4 Å². The van der Waals surface area contributed by atoms with Gasteiger partial charge in [-0.25, -0.2) is 18.4 Å². The van der Waals surface area contributed by atoms with Crippen molar-refractivity contribution in [2.45, 2.75) is 71.1 Å². The van der Waals surface area contributed by atoms with E-state index in [0.29, 0.717) is 38.5 Å². The van der Waals surface area contributed by atoms with E-state index in [-0.39, 0.29) is 31.3 Å². The van der Waals surface area contributed by atoms with Crippen molar-refractivity contribution < 1.29 is 18.7 Å². The number of rotatable bonds is 12. The second-order valence-corrected chi connectivity index (χ2v) is 12.3. The molecule has 1 saturated carbocycles. The lowest BCUT2D eigenvalue weighted by molar-refractivity contribution is -0.128. The van der Waals surface area contributed by atoms with E-state index in [0.717, 1.165) is 23.8 Å². The van der Waals surface area contributed by atoms with Crippen LogP contribution in [0.1, 0.15) is 63.2 Å². The lowest BCUT2D eigenvalue weighted by Gasteiger charge is -2.31. The van der Waals surface area contributed by atoms with Crippen molar-refractivity contribution in [2.24, 2.45) is 5.92 Å². The molecule has 226 valence electrons. The Morgan fingerprint density at radius 1 is 1.30 bits per heavy atom. The molecule has 0 N–H and O–H groups in total. The minimum Gasteiger partial charge on any atom is -0.496 e. The SMILES string of the molecule is COc1ccc(F)cc1[C@H](Cn1c(=O)n(C(C)(C)C(=O)CC2CCC2)c(=O)c2c(C)c(-n3cccn3)sc21)OCCC#N. The largest absolute Gasteiger partial charge is 0.496 e. The molecule has 1 fully saturated rings. The van der Waals surface area contributed by atoms with Crippen molar-refractivity contribution in [3.63, 3.8) is 0 Å². The number of nitrogens with zero attached hydrogens (tertiary/aromatic N) is 5. The van der Waals surface area contributed by atoms with Crippen LogP contribution in [-0.2, 0) is 21.6 Å². The first kappa shape index (κ1) is 30.4. The van der Waals surface area contributed by atoms with Crippen LogP contribution in [0.15, 0.2) is 46.2 Å². The fourth-order valence-electron chi connectivity index (χ4n) is 5.54. The van der Waals surface area contributed by atoms with Gasteiger partial charge in [-0.05, 0) is 51.0 Å². The molecular weight excluding hydrogens is 573 g/mol. The standard InChI is InChI=1S/C31H34FN5O5S/c1-19-26-27(39)37(31(2,3)25(38)16-20-8-5-9-20)30(40)35(29(26)43-28(19)36-14-7-13-34-36)18-24(42-15-6-12-33)22-17-21(32)10-11-23(22)41-4/h7,10-11,13-14,17,20,24H,5-6,8-9,15-16,18H2,1-4H3/t24-/m0/s1. The highest BCUT2D eigenvalue weighted by molar-refractivity contribution is 7.21. The first-order valence-electron chi connectivity index (χ1n) is 14.2. The quantitative estimate of drug-likeness (QED) is 0.207. The van der Waals surface area contributed by atoms with Gasteiger partial charge >= 0.3 is 5.69 Å². The molecule has 0 spiro atoms. The third-order valence-corrected chi connectivity index (χ3v) is 9.56. The van der Waals surface area contributed by atoms with Gasteiger partial charge < -0.3 is 9.47 Å². The molecule has 4 aromatic rings. The molecule has 1 aliphatic carbocycles. The normalized spacial score (nSPS) is 14.4. The number of hydrogen-bond acceptors (Lipinski definition) is 8. The molecule has 5 rings (SSSR count). The maximum Gasteiger partial charge on any atom is 0.333 e. The van der Waals surface area contributed by atoms with Gasteiger partial charge in [0.1, 0.15) is 33.0 Å². The van der Waals surface area contributed by atoms with E-state index < -0.39 is 28.7 Å². The molecule has 0 saturated heterocycles. The van der Waals surface area contributed by atoms with E-state index in [1.165, 1.54) is 41.2 Å². The van der Waals surface area contributed by atoms with E-state index in [4.69, 9.17) is 14.7 Å². The Kier molecular flexibility index (Phi) is 8.66. The average Bonchev–Trinajstić information content (AvgIpc) is 3.60. The van der Waals surface area contributed by atoms with E-state index in [1.807, 2.05) is 6.07 Å². The molecule has 0 radical (unpaired) electrons. The van der Waals surface area contributed by atoms with Crippen LogP contribution in [-0.4, -0.2) is 38.4 Å². The van der Waals surface area contributed by atoms with E-state index in [2.05, 4.69) is 5.10 Å². The molecule has 12 heteroatoms. The lowest BCUT2D eigenvalue weighted by atomic mass is 9.79. The van der Waals surface area contributed by atoms with Gasteiger partial charge in [-0.3, -0.25) is 14.2 Å². The minimum atomic E-state index is -1.42. The Morgan fingerprint density at radius 3 is 2.70 bits per heavy atom. The Morgan fingerprint density at radius 2 is 2.07 bits per heavy atom. The average molecular weight is 608 g/mol. The summed E-state index contributed by atoms with van der Waals surface area (Å²) >= 11 is 1.22. The second kappa shape index (κ2) is 12.3. The number of aryl methyl sites for hydroxylation is 1. The molecule has 0 bridgehead atoms. The number of thiophene rings is 1. The Balaban J connectivity index is 1.74. The van der Waals surface area contributed by atoms with Crippen LogP contribution in [0, 0.1) is 30.0 Å². The smallest absolute Gasteiger partial charge is 0.333 e. The summed E-state index contributed by atoms with van der Waals surface area (Å²) in [4.78, 5) is 42.5. The number of carbonyl (C=O) groups excluding carboxylic acids is 1. The number of hydrogen-bond donors (Lipinski definition) is 0. The molecule has 43 heavy (non-hydrogen) atoms. The van der Waals surface area contributed by atoms with Crippen molar-refractivity contribution in [3.05, 3.63) is 74.4 Å². The number of ketones is 1. The summed E-state index contributed by atoms with van der Waals surface area (Å²) in [5.74, 6) is -0.114. The van der Waals surface area contributed by atoms with Crippen molar-refractivity contribution >= 4 is 27.3 Å². The summed E-state index contributed by atoms with van der Waals surface area (Å²) in [5.41, 5.74) is -1.70. The van der Waals surface area contributed by atoms with Crippen LogP contribution in [0.3, 0.4) is 0 Å². The molecule has 10 nitrogen and oxygen atoms in total. The molecule has 1 aromatic carbocycles. The van der Waals surface area contributed by atoms with Gasteiger partial charge in [0.25, 0.3) is 5.56 Å². The Labute approximate surface area is 251 Å². The van der Waals surface area contributed by atoms with Gasteiger partial charge in [0.05, 0.1) is 38.1 Å². The predicted octanol–water partition coefficient (Wildman–Crippen LogP) is 5.03. The zero-order valence-electron chi connectivity index (χ0n) is 24.6. The van der Waals surface area contributed by atoms with Crippen molar-refractivity contribution in [1.82, 2.24) is 18.9 Å². The number of fused-ring (bicyclic) bond motifs is 1. The van der Waals surface area contributed by atoms with Gasteiger partial charge in [-0.15, -0.1) is 0 Å². The molecule has 1 aliphatic rings. The maximum absolute atomic E-state index is 14.5. The van der Waals surface area contributed by atoms with Crippen LogP contribution in [0.25, 0.3) is 15.2 Å². The number of nitriles is 1. The highest BCUT2D eigenvalue weighted by atomic mass is 32.1. The van der Waals surface area contributed by atoms with Gasteiger partial charge in [-0.1, -0.05) is 30.6 Å². The van der Waals surface area contributed by atoms with Crippen molar-refractivity contribution in [1.29, 1.82) is 5.26 Å². The lowest BCUT2D eigenvalue weighted by Crippen LogP contribution is -2.53. The fraction of sp³-hybridized carbons (Fsp3) is 0.452. The van der Waals surface area contributed by atoms with Crippen LogP contribution in [0.2, 0.25) is 0 Å². The first-order chi connectivity index (χ1) is 20.6. The molecule has 1 atom stereocenters. The number of carbonyl (C=O) groups is 1. The number of Topliss-reactive ketones (excluding diaryl/α,β-unsaturated/α-hetero) is 1. The van der Waals surface area contributed by atoms with Crippen molar-refractivity contribution in [3.8, 4) is 16.8 Å². The highest BCUT2D eigenvalue weighted by Gasteiger charge is 2.37. The van der Waals surface area contributed by atoms with Gasteiger partial charge in [0.15, 0.2) is 5.78 Å². The minimum absolute atomic E-state index is 0.0196. The van der Waals surface area contributed by atoms with E-state index >= 15 is 0 Å². The van der Waals surface area contributed by atoms with Crippen LogP contribution in [0.4, 0.5) is 4.39 Å². The summed E-state index contributed by atoms with van der Waals surface area (Å²) in [6.45, 7) is 4.90. The van der Waals surface area contributed by atoms with Crippen LogP contribution in [0.5, 0.6) is 5.75 Å². The van der Waals surface area contributed by atoms with Gasteiger partial charge in [0.2, 0.25) is 0 Å². The number of aromatic nitrogens is 4. The molecule has 3 heterocycles. The summed E-state index contributed by atoms with van der Waals surface area (Å²) in [6, 6.07) is 7.79. The van der Waals surface area contributed by atoms with Crippen LogP contribution >= 0.6 is 11.3 Å². The van der Waals surface area contributed by atoms with E-state index in [1.54, 1.807) is 43.9 Å². The number of methoxy groups -OCH3 is 1. The molecule has 0 unspecified atom stereocenters.